The van der Waals surface area contributed by atoms with Crippen molar-refractivity contribution in [2.75, 3.05) is 26.4 Å². The van der Waals surface area contributed by atoms with Gasteiger partial charge in [-0.2, -0.15) is 0 Å². The molecule has 1 heterocycles. The molecule has 3 heteroatoms. The minimum Gasteiger partial charge on any atom is -0.375 e. The van der Waals surface area contributed by atoms with Gasteiger partial charge in [0.1, 0.15) is 6.23 Å². The Bertz CT molecular complexity index is 174. The molecular formula is C12H23NO2. The van der Waals surface area contributed by atoms with Gasteiger partial charge in [0.15, 0.2) is 0 Å². The zero-order valence-electron chi connectivity index (χ0n) is 9.78. The predicted molar refractivity (Wildman–Crippen MR) is 59.8 cm³/mol. The van der Waals surface area contributed by atoms with Crippen LogP contribution < -0.4 is 0 Å². The van der Waals surface area contributed by atoms with Crippen molar-refractivity contribution < 1.29 is 9.47 Å². The second kappa shape index (κ2) is 5.83. The lowest BCUT2D eigenvalue weighted by Gasteiger charge is -2.37. The number of hydrogen-bond acceptors (Lipinski definition) is 3. The van der Waals surface area contributed by atoms with Crippen LogP contribution >= 0.6 is 0 Å². The Hall–Kier alpha value is -0.120. The molecule has 2 rings (SSSR count). The number of nitrogens with zero attached hydrogens (tertiary/aromatic N) is 1. The molecule has 1 atom stereocenters. The molecule has 1 aliphatic carbocycles. The van der Waals surface area contributed by atoms with E-state index in [-0.39, 0.29) is 6.23 Å². The average Bonchev–Trinajstić information content (AvgIpc) is 2.80. The summed E-state index contributed by atoms with van der Waals surface area (Å²) in [6.45, 7) is 5.68. The topological polar surface area (TPSA) is 21.7 Å². The van der Waals surface area contributed by atoms with Gasteiger partial charge in [-0.05, 0) is 19.3 Å². The molecule has 0 aromatic rings. The maximum Gasteiger partial charge on any atom is 0.134 e. The van der Waals surface area contributed by atoms with Crippen LogP contribution in [-0.4, -0.2) is 43.5 Å². The Balaban J connectivity index is 1.90. The number of rotatable bonds is 4. The van der Waals surface area contributed by atoms with Gasteiger partial charge in [0.25, 0.3) is 0 Å². The monoisotopic (exact) mass is 213 g/mol. The highest BCUT2D eigenvalue weighted by atomic mass is 16.6. The van der Waals surface area contributed by atoms with E-state index in [0.717, 1.165) is 32.4 Å². The van der Waals surface area contributed by atoms with Crippen LogP contribution in [0.4, 0.5) is 0 Å². The van der Waals surface area contributed by atoms with E-state index in [1.54, 1.807) is 0 Å². The summed E-state index contributed by atoms with van der Waals surface area (Å²) in [4.78, 5) is 2.53. The third kappa shape index (κ3) is 2.92. The molecular weight excluding hydrogens is 190 g/mol. The fraction of sp³-hybridized carbons (Fsp3) is 1.00. The first-order chi connectivity index (χ1) is 7.42. The van der Waals surface area contributed by atoms with Gasteiger partial charge in [0.05, 0.1) is 19.8 Å². The third-order valence-electron chi connectivity index (χ3n) is 3.44. The minimum absolute atomic E-state index is 0.224. The molecule has 1 aliphatic heterocycles. The second-order valence-electron chi connectivity index (χ2n) is 4.58. The van der Waals surface area contributed by atoms with E-state index in [2.05, 4.69) is 11.8 Å². The summed E-state index contributed by atoms with van der Waals surface area (Å²) in [6, 6.07) is 0.747. The summed E-state index contributed by atoms with van der Waals surface area (Å²) >= 11 is 0. The normalized spacial score (nSPS) is 28.8. The molecule has 0 spiro atoms. The van der Waals surface area contributed by atoms with E-state index in [9.17, 15) is 0 Å². The van der Waals surface area contributed by atoms with Gasteiger partial charge in [0.2, 0.25) is 0 Å². The number of ether oxygens (including phenoxy) is 2. The van der Waals surface area contributed by atoms with E-state index in [0.29, 0.717) is 0 Å². The molecule has 88 valence electrons. The van der Waals surface area contributed by atoms with Crippen molar-refractivity contribution in [1.82, 2.24) is 4.90 Å². The summed E-state index contributed by atoms with van der Waals surface area (Å²) in [7, 11) is 0. The Labute approximate surface area is 92.7 Å². The van der Waals surface area contributed by atoms with Crippen molar-refractivity contribution in [2.45, 2.75) is 51.3 Å². The third-order valence-corrected chi connectivity index (χ3v) is 3.44. The van der Waals surface area contributed by atoms with Crippen LogP contribution in [-0.2, 0) is 9.47 Å². The van der Waals surface area contributed by atoms with E-state index < -0.39 is 0 Å². The molecule has 0 aromatic heterocycles. The van der Waals surface area contributed by atoms with Crippen LogP contribution in [0, 0.1) is 0 Å². The summed E-state index contributed by atoms with van der Waals surface area (Å²) in [5.74, 6) is 0. The van der Waals surface area contributed by atoms with Gasteiger partial charge in [-0.1, -0.05) is 19.8 Å². The Morgan fingerprint density at radius 3 is 2.60 bits per heavy atom. The first-order valence-electron chi connectivity index (χ1n) is 6.37. The van der Waals surface area contributed by atoms with Crippen LogP contribution in [0.1, 0.15) is 39.0 Å². The standard InChI is InChI=1S/C12H23NO2/c1-2-7-13(11-5-3-4-6-11)12-10-14-8-9-15-12/h11-12H,2-10H2,1H3. The maximum atomic E-state index is 5.81. The van der Waals surface area contributed by atoms with Crippen LogP contribution in [0.15, 0.2) is 0 Å². The zero-order valence-corrected chi connectivity index (χ0v) is 9.78. The van der Waals surface area contributed by atoms with Crippen molar-refractivity contribution in [2.24, 2.45) is 0 Å². The van der Waals surface area contributed by atoms with Crippen LogP contribution in [0.5, 0.6) is 0 Å². The van der Waals surface area contributed by atoms with Gasteiger partial charge >= 0.3 is 0 Å². The molecule has 2 aliphatic rings. The predicted octanol–water partition coefficient (Wildman–Crippen LogP) is 2.01. The molecule has 2 fully saturated rings. The van der Waals surface area contributed by atoms with Crippen LogP contribution in [0.25, 0.3) is 0 Å². The van der Waals surface area contributed by atoms with Crippen molar-refractivity contribution >= 4 is 0 Å². The lowest BCUT2D eigenvalue weighted by atomic mass is 10.2. The van der Waals surface area contributed by atoms with E-state index in [4.69, 9.17) is 9.47 Å². The zero-order chi connectivity index (χ0) is 10.5. The van der Waals surface area contributed by atoms with Crippen molar-refractivity contribution in [3.63, 3.8) is 0 Å². The quantitative estimate of drug-likeness (QED) is 0.713. The Morgan fingerprint density at radius 2 is 2.00 bits per heavy atom. The fourth-order valence-corrected chi connectivity index (χ4v) is 2.72. The fourth-order valence-electron chi connectivity index (χ4n) is 2.72. The van der Waals surface area contributed by atoms with Gasteiger partial charge in [0, 0.05) is 12.6 Å². The van der Waals surface area contributed by atoms with E-state index in [1.165, 1.54) is 32.1 Å². The molecule has 0 bridgehead atoms. The van der Waals surface area contributed by atoms with Crippen molar-refractivity contribution in [1.29, 1.82) is 0 Å². The Kier molecular flexibility index (Phi) is 4.42. The first-order valence-corrected chi connectivity index (χ1v) is 6.37. The molecule has 0 radical (unpaired) electrons. The number of hydrogen-bond donors (Lipinski definition) is 0. The minimum atomic E-state index is 0.224. The molecule has 1 saturated heterocycles. The van der Waals surface area contributed by atoms with Gasteiger partial charge in [-0.25, -0.2) is 0 Å². The largest absolute Gasteiger partial charge is 0.375 e. The van der Waals surface area contributed by atoms with Gasteiger partial charge < -0.3 is 9.47 Å². The molecule has 0 aromatic carbocycles. The van der Waals surface area contributed by atoms with Gasteiger partial charge in [-0.15, -0.1) is 0 Å². The summed E-state index contributed by atoms with van der Waals surface area (Å²) in [5, 5.41) is 0. The van der Waals surface area contributed by atoms with Crippen LogP contribution in [0.2, 0.25) is 0 Å². The van der Waals surface area contributed by atoms with Crippen LogP contribution in [0.3, 0.4) is 0 Å². The lowest BCUT2D eigenvalue weighted by Crippen LogP contribution is -2.48. The smallest absolute Gasteiger partial charge is 0.134 e. The molecule has 0 N–H and O–H groups in total. The first kappa shape index (κ1) is 11.4. The van der Waals surface area contributed by atoms with Crippen molar-refractivity contribution in [3.8, 4) is 0 Å². The SMILES string of the molecule is CCCN(C1CCCC1)C1COCCO1. The highest BCUT2D eigenvalue weighted by molar-refractivity contribution is 4.80. The molecule has 0 amide bonds. The van der Waals surface area contributed by atoms with E-state index in [1.807, 2.05) is 0 Å². The molecule has 3 nitrogen and oxygen atoms in total. The molecule has 1 unspecified atom stereocenters. The summed E-state index contributed by atoms with van der Waals surface area (Å²) in [5.41, 5.74) is 0. The summed E-state index contributed by atoms with van der Waals surface area (Å²) in [6.07, 6.45) is 6.90. The van der Waals surface area contributed by atoms with Crippen molar-refractivity contribution in [3.05, 3.63) is 0 Å². The summed E-state index contributed by atoms with van der Waals surface area (Å²) < 4.78 is 11.3. The average molecular weight is 213 g/mol. The van der Waals surface area contributed by atoms with Gasteiger partial charge in [-0.3, -0.25) is 4.90 Å². The Morgan fingerprint density at radius 1 is 1.20 bits per heavy atom. The molecule has 15 heavy (non-hydrogen) atoms. The highest BCUT2D eigenvalue weighted by Crippen LogP contribution is 2.26. The van der Waals surface area contributed by atoms with E-state index >= 15 is 0 Å². The maximum absolute atomic E-state index is 5.81. The lowest BCUT2D eigenvalue weighted by molar-refractivity contribution is -0.164. The highest BCUT2D eigenvalue weighted by Gasteiger charge is 2.29. The second-order valence-corrected chi connectivity index (χ2v) is 4.58. The molecule has 1 saturated carbocycles.